The molecule has 2 fully saturated rings. The van der Waals surface area contributed by atoms with Crippen molar-refractivity contribution in [3.05, 3.63) is 0 Å². The molecule has 0 aromatic heterocycles. The SMILES string of the molecule is CCNC(C#N)(CN(C)CC1(N(C)C)CCC1)C1CC1. The van der Waals surface area contributed by atoms with Gasteiger partial charge in [-0.25, -0.2) is 0 Å². The van der Waals surface area contributed by atoms with Gasteiger partial charge >= 0.3 is 0 Å². The van der Waals surface area contributed by atoms with Crippen LogP contribution in [0.1, 0.15) is 39.0 Å². The summed E-state index contributed by atoms with van der Waals surface area (Å²) in [7, 11) is 6.56. The Balaban J connectivity index is 1.98. The fraction of sp³-hybridized carbons (Fsp3) is 0.938. The summed E-state index contributed by atoms with van der Waals surface area (Å²) >= 11 is 0. The molecule has 2 aliphatic rings. The lowest BCUT2D eigenvalue weighted by Gasteiger charge is -2.50. The van der Waals surface area contributed by atoms with Gasteiger partial charge in [0.15, 0.2) is 0 Å². The minimum absolute atomic E-state index is 0.333. The summed E-state index contributed by atoms with van der Waals surface area (Å²) in [5.41, 5.74) is 0.00641. The highest BCUT2D eigenvalue weighted by atomic mass is 15.2. The van der Waals surface area contributed by atoms with E-state index in [1.165, 1.54) is 32.1 Å². The highest BCUT2D eigenvalue weighted by Crippen LogP contribution is 2.41. The molecule has 114 valence electrons. The van der Waals surface area contributed by atoms with E-state index in [-0.39, 0.29) is 5.54 Å². The van der Waals surface area contributed by atoms with Crippen LogP contribution in [0, 0.1) is 17.2 Å². The largest absolute Gasteiger partial charge is 0.302 e. The minimum Gasteiger partial charge on any atom is -0.302 e. The molecule has 0 bridgehead atoms. The molecule has 1 atom stereocenters. The molecule has 1 unspecified atom stereocenters. The smallest absolute Gasteiger partial charge is 0.122 e. The number of hydrogen-bond donors (Lipinski definition) is 1. The highest BCUT2D eigenvalue weighted by Gasteiger charge is 2.47. The molecule has 4 heteroatoms. The molecule has 0 heterocycles. The van der Waals surface area contributed by atoms with Crippen LogP contribution in [0.2, 0.25) is 0 Å². The molecule has 0 spiro atoms. The molecule has 2 aliphatic carbocycles. The normalized spacial score (nSPS) is 24.2. The van der Waals surface area contributed by atoms with Gasteiger partial charge in [-0.15, -0.1) is 0 Å². The lowest BCUT2D eigenvalue weighted by Crippen LogP contribution is -2.60. The number of nitriles is 1. The third kappa shape index (κ3) is 3.00. The summed E-state index contributed by atoms with van der Waals surface area (Å²) in [4.78, 5) is 4.76. The highest BCUT2D eigenvalue weighted by molar-refractivity contribution is 5.17. The van der Waals surface area contributed by atoms with Gasteiger partial charge in [0, 0.05) is 18.6 Å². The monoisotopic (exact) mass is 278 g/mol. The van der Waals surface area contributed by atoms with Gasteiger partial charge in [-0.2, -0.15) is 5.26 Å². The third-order valence-corrected chi connectivity index (χ3v) is 5.28. The molecule has 20 heavy (non-hydrogen) atoms. The topological polar surface area (TPSA) is 42.3 Å². The van der Waals surface area contributed by atoms with Crippen LogP contribution in [0.4, 0.5) is 0 Å². The van der Waals surface area contributed by atoms with Crippen LogP contribution in [0.15, 0.2) is 0 Å². The number of nitrogens with one attached hydrogen (secondary N) is 1. The standard InChI is InChI=1S/C16H30N4/c1-5-18-16(11-17,14-7-8-14)13-20(4)12-15(19(2)3)9-6-10-15/h14,18H,5-10,12-13H2,1-4H3. The Morgan fingerprint density at radius 3 is 2.30 bits per heavy atom. The molecular weight excluding hydrogens is 248 g/mol. The first-order chi connectivity index (χ1) is 9.48. The van der Waals surface area contributed by atoms with E-state index in [4.69, 9.17) is 0 Å². The average Bonchev–Trinajstić information content (AvgIpc) is 3.17. The maximum atomic E-state index is 9.70. The summed E-state index contributed by atoms with van der Waals surface area (Å²) in [6.45, 7) is 4.89. The lowest BCUT2D eigenvalue weighted by molar-refractivity contribution is 0.0220. The minimum atomic E-state index is -0.333. The molecule has 0 saturated heterocycles. The Bertz CT molecular complexity index is 365. The van der Waals surface area contributed by atoms with Gasteiger partial charge in [-0.05, 0) is 65.7 Å². The van der Waals surface area contributed by atoms with Crippen LogP contribution >= 0.6 is 0 Å². The predicted molar refractivity (Wildman–Crippen MR) is 82.5 cm³/mol. The maximum absolute atomic E-state index is 9.70. The zero-order valence-electron chi connectivity index (χ0n) is 13.6. The second kappa shape index (κ2) is 6.01. The predicted octanol–water partition coefficient (Wildman–Crippen LogP) is 1.68. The fourth-order valence-electron chi connectivity index (χ4n) is 3.70. The van der Waals surface area contributed by atoms with Crippen LogP contribution in [-0.2, 0) is 0 Å². The first-order valence-electron chi connectivity index (χ1n) is 8.00. The Hall–Kier alpha value is -0.630. The van der Waals surface area contributed by atoms with E-state index in [0.717, 1.165) is 19.6 Å². The lowest BCUT2D eigenvalue weighted by atomic mass is 9.75. The van der Waals surface area contributed by atoms with Crippen molar-refractivity contribution >= 4 is 0 Å². The summed E-state index contributed by atoms with van der Waals surface area (Å²) in [5, 5.41) is 13.2. The van der Waals surface area contributed by atoms with Crippen molar-refractivity contribution < 1.29 is 0 Å². The zero-order valence-corrected chi connectivity index (χ0v) is 13.6. The van der Waals surface area contributed by atoms with Crippen LogP contribution in [-0.4, -0.2) is 61.7 Å². The van der Waals surface area contributed by atoms with E-state index < -0.39 is 0 Å². The third-order valence-electron chi connectivity index (χ3n) is 5.28. The quantitative estimate of drug-likeness (QED) is 0.733. The summed E-state index contributed by atoms with van der Waals surface area (Å²) in [6, 6.07) is 2.59. The van der Waals surface area contributed by atoms with Crippen molar-refractivity contribution in [2.45, 2.75) is 50.1 Å². The van der Waals surface area contributed by atoms with Gasteiger partial charge in [0.1, 0.15) is 5.54 Å². The molecule has 0 amide bonds. The van der Waals surface area contributed by atoms with Gasteiger partial charge in [0.25, 0.3) is 0 Å². The van der Waals surface area contributed by atoms with E-state index in [2.05, 4.69) is 49.3 Å². The second-order valence-electron chi connectivity index (χ2n) is 7.03. The van der Waals surface area contributed by atoms with E-state index in [9.17, 15) is 5.26 Å². The summed E-state index contributed by atoms with van der Waals surface area (Å²) in [6.07, 6.45) is 6.31. The van der Waals surface area contributed by atoms with E-state index in [0.29, 0.717) is 11.5 Å². The van der Waals surface area contributed by atoms with Gasteiger partial charge in [-0.3, -0.25) is 5.32 Å². The average molecular weight is 278 g/mol. The molecule has 0 aliphatic heterocycles. The maximum Gasteiger partial charge on any atom is 0.122 e. The number of likely N-dealkylation sites (N-methyl/N-ethyl adjacent to an activating group) is 3. The van der Waals surface area contributed by atoms with Crippen LogP contribution in [0.25, 0.3) is 0 Å². The van der Waals surface area contributed by atoms with E-state index >= 15 is 0 Å². The Kier molecular flexibility index (Phi) is 4.73. The van der Waals surface area contributed by atoms with Gasteiger partial charge < -0.3 is 9.80 Å². The number of nitrogens with zero attached hydrogens (tertiary/aromatic N) is 3. The van der Waals surface area contributed by atoms with Gasteiger partial charge in [-0.1, -0.05) is 6.92 Å². The summed E-state index contributed by atoms with van der Waals surface area (Å²) < 4.78 is 0. The Morgan fingerprint density at radius 1 is 1.30 bits per heavy atom. The van der Waals surface area contributed by atoms with Crippen molar-refractivity contribution in [2.24, 2.45) is 5.92 Å². The first kappa shape index (κ1) is 15.8. The second-order valence-corrected chi connectivity index (χ2v) is 7.03. The van der Waals surface area contributed by atoms with Crippen molar-refractivity contribution in [3.8, 4) is 6.07 Å². The van der Waals surface area contributed by atoms with Crippen molar-refractivity contribution in [1.29, 1.82) is 5.26 Å². The van der Waals surface area contributed by atoms with Crippen molar-refractivity contribution in [3.63, 3.8) is 0 Å². The fourth-order valence-corrected chi connectivity index (χ4v) is 3.70. The zero-order chi connectivity index (χ0) is 14.8. The molecule has 0 aromatic rings. The molecule has 4 nitrogen and oxygen atoms in total. The number of hydrogen-bond acceptors (Lipinski definition) is 4. The Morgan fingerprint density at radius 2 is 1.95 bits per heavy atom. The van der Waals surface area contributed by atoms with E-state index in [1.807, 2.05) is 0 Å². The first-order valence-corrected chi connectivity index (χ1v) is 8.00. The van der Waals surface area contributed by atoms with Crippen molar-refractivity contribution in [1.82, 2.24) is 15.1 Å². The van der Waals surface area contributed by atoms with Crippen LogP contribution in [0.5, 0.6) is 0 Å². The number of rotatable bonds is 8. The molecule has 2 rings (SSSR count). The summed E-state index contributed by atoms with van der Waals surface area (Å²) in [5.74, 6) is 0.548. The Labute approximate surface area is 124 Å². The van der Waals surface area contributed by atoms with E-state index in [1.54, 1.807) is 0 Å². The molecule has 0 radical (unpaired) electrons. The molecule has 1 N–H and O–H groups in total. The van der Waals surface area contributed by atoms with Crippen molar-refractivity contribution in [2.75, 3.05) is 40.8 Å². The molecule has 0 aromatic carbocycles. The molecule has 2 saturated carbocycles. The van der Waals surface area contributed by atoms with Crippen LogP contribution in [0.3, 0.4) is 0 Å². The molecular formula is C16H30N4. The van der Waals surface area contributed by atoms with Crippen LogP contribution < -0.4 is 5.32 Å². The van der Waals surface area contributed by atoms with Gasteiger partial charge in [0.2, 0.25) is 0 Å². The van der Waals surface area contributed by atoms with Gasteiger partial charge in [0.05, 0.1) is 6.07 Å².